The van der Waals surface area contributed by atoms with E-state index in [1.54, 1.807) is 12.1 Å². The van der Waals surface area contributed by atoms with Crippen LogP contribution in [0.15, 0.2) is 48.5 Å². The molecule has 146 valence electrons. The first kappa shape index (κ1) is 19.8. The number of rotatable bonds is 5. The molecule has 1 saturated heterocycles. The molecule has 2 aromatic rings. The normalized spacial score (nSPS) is 15.7. The number of nitrogens with one attached hydrogen (secondary N) is 1. The molecule has 10 heteroatoms. The molecule has 1 N–H and O–H groups in total. The van der Waals surface area contributed by atoms with Crippen LogP contribution in [0.2, 0.25) is 5.02 Å². The molecule has 1 amide bonds. The molecule has 3 rings (SSSR count). The zero-order chi connectivity index (χ0) is 20.3. The van der Waals surface area contributed by atoms with Crippen LogP contribution in [0.4, 0.5) is 17.1 Å². The molecule has 1 aliphatic heterocycles. The van der Waals surface area contributed by atoms with Crippen LogP contribution in [0, 0.1) is 10.1 Å². The van der Waals surface area contributed by atoms with Gasteiger partial charge in [-0.3, -0.25) is 19.2 Å². The summed E-state index contributed by atoms with van der Waals surface area (Å²) in [6.07, 6.45) is 3.19. The summed E-state index contributed by atoms with van der Waals surface area (Å²) in [4.78, 5) is 22.5. The van der Waals surface area contributed by atoms with E-state index in [2.05, 4.69) is 5.32 Å². The smallest absolute Gasteiger partial charge is 0.270 e. The van der Waals surface area contributed by atoms with Crippen molar-refractivity contribution in [3.05, 3.63) is 69.2 Å². The minimum atomic E-state index is -3.35. The van der Waals surface area contributed by atoms with E-state index < -0.39 is 20.9 Å². The molecule has 0 unspecified atom stereocenters. The fraction of sp³-hybridized carbons (Fsp3) is 0.167. The Morgan fingerprint density at radius 3 is 2.71 bits per heavy atom. The molecule has 0 aromatic heterocycles. The maximum absolute atomic E-state index is 12.2. The second-order valence-corrected chi connectivity index (χ2v) is 8.50. The summed E-state index contributed by atoms with van der Waals surface area (Å²) in [6, 6.07) is 10.5. The number of carbonyl (C=O) groups excluding carboxylic acids is 1. The highest BCUT2D eigenvalue weighted by Gasteiger charge is 2.28. The predicted octanol–water partition coefficient (Wildman–Crippen LogP) is 3.44. The van der Waals surface area contributed by atoms with E-state index in [1.165, 1.54) is 46.8 Å². The number of sulfonamides is 1. The first-order valence-corrected chi connectivity index (χ1v) is 10.3. The van der Waals surface area contributed by atoms with Gasteiger partial charge in [0.1, 0.15) is 0 Å². The summed E-state index contributed by atoms with van der Waals surface area (Å²) in [6.45, 7) is 0.379. The van der Waals surface area contributed by atoms with Crippen LogP contribution in [0.25, 0.3) is 6.08 Å². The van der Waals surface area contributed by atoms with Crippen LogP contribution in [0.1, 0.15) is 12.0 Å². The second kappa shape index (κ2) is 7.99. The van der Waals surface area contributed by atoms with Gasteiger partial charge in [-0.15, -0.1) is 0 Å². The molecule has 0 aliphatic carbocycles. The Kier molecular flexibility index (Phi) is 5.66. The highest BCUT2D eigenvalue weighted by molar-refractivity contribution is 7.93. The Morgan fingerprint density at radius 1 is 1.25 bits per heavy atom. The van der Waals surface area contributed by atoms with E-state index in [-0.39, 0.29) is 22.2 Å². The van der Waals surface area contributed by atoms with Crippen LogP contribution in [0.5, 0.6) is 0 Å². The lowest BCUT2D eigenvalue weighted by Crippen LogP contribution is -2.25. The van der Waals surface area contributed by atoms with Crippen molar-refractivity contribution in [2.24, 2.45) is 0 Å². The van der Waals surface area contributed by atoms with Gasteiger partial charge in [0, 0.05) is 24.8 Å². The van der Waals surface area contributed by atoms with Crippen LogP contribution in [-0.2, 0) is 14.8 Å². The van der Waals surface area contributed by atoms with E-state index in [0.29, 0.717) is 24.2 Å². The highest BCUT2D eigenvalue weighted by atomic mass is 35.5. The lowest BCUT2D eigenvalue weighted by Gasteiger charge is -2.18. The molecule has 1 heterocycles. The molecule has 0 spiro atoms. The van der Waals surface area contributed by atoms with Gasteiger partial charge in [0.25, 0.3) is 5.69 Å². The average molecular weight is 422 g/mol. The number of halogens is 1. The number of anilines is 2. The largest absolute Gasteiger partial charge is 0.321 e. The first-order chi connectivity index (χ1) is 13.3. The molecule has 0 atom stereocenters. The molecule has 0 saturated carbocycles. The molecule has 28 heavy (non-hydrogen) atoms. The molecule has 2 aromatic carbocycles. The molecule has 0 radical (unpaired) electrons. The van der Waals surface area contributed by atoms with Crippen molar-refractivity contribution in [3.63, 3.8) is 0 Å². The monoisotopic (exact) mass is 421 g/mol. The maximum atomic E-state index is 12.2. The van der Waals surface area contributed by atoms with Crippen molar-refractivity contribution < 1.29 is 18.1 Å². The van der Waals surface area contributed by atoms with Crippen molar-refractivity contribution in [1.29, 1.82) is 0 Å². The third kappa shape index (κ3) is 4.49. The van der Waals surface area contributed by atoms with Gasteiger partial charge in [0.15, 0.2) is 0 Å². The zero-order valence-electron chi connectivity index (χ0n) is 14.5. The first-order valence-electron chi connectivity index (χ1n) is 8.30. The van der Waals surface area contributed by atoms with Gasteiger partial charge in [-0.1, -0.05) is 23.7 Å². The number of nitro groups is 1. The van der Waals surface area contributed by atoms with Crippen molar-refractivity contribution in [2.75, 3.05) is 21.9 Å². The van der Waals surface area contributed by atoms with Gasteiger partial charge in [-0.2, -0.15) is 0 Å². The number of benzene rings is 2. The highest BCUT2D eigenvalue weighted by Crippen LogP contribution is 2.31. The zero-order valence-corrected chi connectivity index (χ0v) is 16.1. The number of amides is 1. The summed E-state index contributed by atoms with van der Waals surface area (Å²) < 4.78 is 25.4. The third-order valence-corrected chi connectivity index (χ3v) is 6.30. The number of non-ortho nitro benzene ring substituents is 1. The van der Waals surface area contributed by atoms with Gasteiger partial charge >= 0.3 is 0 Å². The van der Waals surface area contributed by atoms with Crippen molar-refractivity contribution in [3.8, 4) is 0 Å². The topological polar surface area (TPSA) is 110 Å². The van der Waals surface area contributed by atoms with E-state index in [4.69, 9.17) is 11.6 Å². The maximum Gasteiger partial charge on any atom is 0.270 e. The van der Waals surface area contributed by atoms with Crippen molar-refractivity contribution in [2.45, 2.75) is 6.42 Å². The predicted molar refractivity (Wildman–Crippen MR) is 108 cm³/mol. The third-order valence-electron chi connectivity index (χ3n) is 4.10. The number of carbonyl (C=O) groups is 1. The molecular formula is C18H16ClN3O5S. The quantitative estimate of drug-likeness (QED) is 0.451. The number of nitro benzene ring substituents is 1. The van der Waals surface area contributed by atoms with Gasteiger partial charge in [0.05, 0.1) is 27.1 Å². The van der Waals surface area contributed by atoms with Crippen LogP contribution >= 0.6 is 11.6 Å². The lowest BCUT2D eigenvalue weighted by atomic mass is 10.2. The Labute approximate surface area is 166 Å². The van der Waals surface area contributed by atoms with Crippen LogP contribution < -0.4 is 9.62 Å². The number of hydrogen-bond acceptors (Lipinski definition) is 5. The number of hydrogen-bond donors (Lipinski definition) is 1. The van der Waals surface area contributed by atoms with Crippen LogP contribution in [0.3, 0.4) is 0 Å². The van der Waals surface area contributed by atoms with Crippen molar-refractivity contribution in [1.82, 2.24) is 0 Å². The van der Waals surface area contributed by atoms with E-state index in [0.717, 1.165) is 0 Å². The lowest BCUT2D eigenvalue weighted by molar-refractivity contribution is -0.384. The Bertz CT molecular complexity index is 1070. The average Bonchev–Trinajstić information content (AvgIpc) is 3.01. The fourth-order valence-corrected chi connectivity index (χ4v) is 4.50. The van der Waals surface area contributed by atoms with Crippen LogP contribution in [-0.4, -0.2) is 31.5 Å². The van der Waals surface area contributed by atoms with Gasteiger partial charge in [0.2, 0.25) is 15.9 Å². The molecule has 0 bridgehead atoms. The summed E-state index contributed by atoms with van der Waals surface area (Å²) in [5, 5.41) is 13.7. The molecule has 1 aliphatic rings. The van der Waals surface area contributed by atoms with Gasteiger partial charge in [-0.05, 0) is 36.3 Å². The second-order valence-electron chi connectivity index (χ2n) is 6.08. The summed E-state index contributed by atoms with van der Waals surface area (Å²) in [5.41, 5.74) is 1.12. The van der Waals surface area contributed by atoms with E-state index in [9.17, 15) is 23.3 Å². The minimum Gasteiger partial charge on any atom is -0.321 e. The Hall–Kier alpha value is -2.91. The van der Waals surface area contributed by atoms with E-state index in [1.807, 2.05) is 0 Å². The fourth-order valence-electron chi connectivity index (χ4n) is 2.78. The van der Waals surface area contributed by atoms with Gasteiger partial charge < -0.3 is 5.32 Å². The Morgan fingerprint density at radius 2 is 2.04 bits per heavy atom. The Balaban J connectivity index is 1.76. The molecule has 8 nitrogen and oxygen atoms in total. The summed E-state index contributed by atoms with van der Waals surface area (Å²) >= 11 is 6.11. The van der Waals surface area contributed by atoms with E-state index >= 15 is 0 Å². The summed E-state index contributed by atoms with van der Waals surface area (Å²) in [7, 11) is -3.35. The standard InChI is InChI=1S/C18H16ClN3O5S/c19-16-7-6-14(21-9-2-10-28(21,26)27)12-17(16)20-18(23)8-5-13-3-1-4-15(11-13)22(24)25/h1,3-8,11-12H,2,9-10H2,(H,20,23). The summed E-state index contributed by atoms with van der Waals surface area (Å²) in [5.74, 6) is -0.418. The van der Waals surface area contributed by atoms with Gasteiger partial charge in [-0.25, -0.2) is 8.42 Å². The SMILES string of the molecule is O=C(C=Cc1cccc([N+](=O)[O-])c1)Nc1cc(N2CCCS2(=O)=O)ccc1Cl. The number of nitrogens with zero attached hydrogens (tertiary/aromatic N) is 2. The molecular weight excluding hydrogens is 406 g/mol. The molecule has 1 fully saturated rings. The minimum absolute atomic E-state index is 0.0786. The van der Waals surface area contributed by atoms with Crippen molar-refractivity contribution >= 4 is 50.7 Å².